The van der Waals surface area contributed by atoms with Crippen LogP contribution in [0.5, 0.6) is 0 Å². The summed E-state index contributed by atoms with van der Waals surface area (Å²) in [6, 6.07) is 7.93. The zero-order valence-corrected chi connectivity index (χ0v) is 10.8. The predicted octanol–water partition coefficient (Wildman–Crippen LogP) is 0.338. The molecular weight excluding hydrogens is 240 g/mol. The Kier molecular flexibility index (Phi) is 4.56. The molecule has 1 amide bonds. The highest BCUT2D eigenvalue weighted by Gasteiger charge is 2.26. The zero-order chi connectivity index (χ0) is 13.7. The van der Waals surface area contributed by atoms with E-state index in [-0.39, 0.29) is 18.4 Å². The van der Waals surface area contributed by atoms with Gasteiger partial charge in [0.1, 0.15) is 6.61 Å². The fourth-order valence-corrected chi connectivity index (χ4v) is 2.36. The van der Waals surface area contributed by atoms with Gasteiger partial charge in [0.25, 0.3) is 0 Å². The van der Waals surface area contributed by atoms with Gasteiger partial charge in [-0.25, -0.2) is 0 Å². The van der Waals surface area contributed by atoms with E-state index in [4.69, 9.17) is 10.8 Å². The summed E-state index contributed by atoms with van der Waals surface area (Å²) in [5.74, 6) is 5.31. The monoisotopic (exact) mass is 258 g/mol. The molecule has 0 aliphatic carbocycles. The molecule has 1 aliphatic rings. The minimum absolute atomic E-state index is 0.0163. The van der Waals surface area contributed by atoms with Gasteiger partial charge in [0.2, 0.25) is 5.91 Å². The van der Waals surface area contributed by atoms with Crippen LogP contribution in [0.1, 0.15) is 17.5 Å². The molecule has 1 aromatic carbocycles. The molecule has 2 rings (SSSR count). The number of aliphatic hydroxyl groups is 1. The molecular formula is C15H18N2O2. The SMILES string of the molecule is NC(=O)C1CCN(Cc2cccc(C#CCO)c2)C1. The number of amides is 1. The van der Waals surface area contributed by atoms with E-state index in [0.717, 1.165) is 37.2 Å². The van der Waals surface area contributed by atoms with Gasteiger partial charge in [-0.05, 0) is 30.7 Å². The molecule has 100 valence electrons. The van der Waals surface area contributed by atoms with Crippen LogP contribution in [0.2, 0.25) is 0 Å². The van der Waals surface area contributed by atoms with Crippen LogP contribution in [0.25, 0.3) is 0 Å². The van der Waals surface area contributed by atoms with Crippen LogP contribution < -0.4 is 5.73 Å². The lowest BCUT2D eigenvalue weighted by Gasteiger charge is -2.15. The lowest BCUT2D eigenvalue weighted by molar-refractivity contribution is -0.121. The maximum atomic E-state index is 11.1. The largest absolute Gasteiger partial charge is 0.384 e. The van der Waals surface area contributed by atoms with Crippen LogP contribution in [0.3, 0.4) is 0 Å². The number of hydrogen-bond donors (Lipinski definition) is 2. The lowest BCUT2D eigenvalue weighted by atomic mass is 10.1. The van der Waals surface area contributed by atoms with E-state index in [1.165, 1.54) is 0 Å². The number of nitrogens with zero attached hydrogens (tertiary/aromatic N) is 1. The molecule has 0 aromatic heterocycles. The highest BCUT2D eigenvalue weighted by Crippen LogP contribution is 2.18. The Morgan fingerprint density at radius 2 is 2.37 bits per heavy atom. The number of nitrogens with two attached hydrogens (primary N) is 1. The zero-order valence-electron chi connectivity index (χ0n) is 10.8. The van der Waals surface area contributed by atoms with Crippen molar-refractivity contribution in [3.63, 3.8) is 0 Å². The maximum Gasteiger partial charge on any atom is 0.221 e. The summed E-state index contributed by atoms with van der Waals surface area (Å²) in [6.07, 6.45) is 0.847. The molecule has 0 bridgehead atoms. The summed E-state index contributed by atoms with van der Waals surface area (Å²) >= 11 is 0. The maximum absolute atomic E-state index is 11.1. The molecule has 0 saturated carbocycles. The van der Waals surface area contributed by atoms with Crippen LogP contribution in [0.15, 0.2) is 24.3 Å². The molecule has 3 N–H and O–H groups in total. The molecule has 1 aliphatic heterocycles. The van der Waals surface area contributed by atoms with Gasteiger partial charge >= 0.3 is 0 Å². The van der Waals surface area contributed by atoms with Crippen LogP contribution in [0.4, 0.5) is 0 Å². The minimum atomic E-state index is -0.204. The van der Waals surface area contributed by atoms with Crippen molar-refractivity contribution in [1.82, 2.24) is 4.90 Å². The third kappa shape index (κ3) is 3.82. The number of aliphatic hydroxyl groups excluding tert-OH is 1. The van der Waals surface area contributed by atoms with Crippen molar-refractivity contribution < 1.29 is 9.90 Å². The highest BCUT2D eigenvalue weighted by atomic mass is 16.2. The van der Waals surface area contributed by atoms with Crippen LogP contribution in [-0.2, 0) is 11.3 Å². The van der Waals surface area contributed by atoms with Gasteiger partial charge in [-0.15, -0.1) is 0 Å². The smallest absolute Gasteiger partial charge is 0.221 e. The third-order valence-corrected chi connectivity index (χ3v) is 3.32. The van der Waals surface area contributed by atoms with E-state index in [1.54, 1.807) is 0 Å². The number of hydrogen-bond acceptors (Lipinski definition) is 3. The first-order valence-corrected chi connectivity index (χ1v) is 6.39. The van der Waals surface area contributed by atoms with E-state index < -0.39 is 0 Å². The number of carbonyl (C=O) groups excluding carboxylic acids is 1. The fourth-order valence-electron chi connectivity index (χ4n) is 2.36. The third-order valence-electron chi connectivity index (χ3n) is 3.32. The summed E-state index contributed by atoms with van der Waals surface area (Å²) in [7, 11) is 0. The van der Waals surface area contributed by atoms with Crippen molar-refractivity contribution in [1.29, 1.82) is 0 Å². The normalized spacial score (nSPS) is 18.9. The summed E-state index contributed by atoms with van der Waals surface area (Å²) in [6.45, 7) is 2.32. The first-order chi connectivity index (χ1) is 9.19. The first-order valence-electron chi connectivity index (χ1n) is 6.39. The fraction of sp³-hybridized carbons (Fsp3) is 0.400. The lowest BCUT2D eigenvalue weighted by Crippen LogP contribution is -2.27. The number of likely N-dealkylation sites (tertiary alicyclic amines) is 1. The molecule has 1 fully saturated rings. The molecule has 0 spiro atoms. The molecule has 1 heterocycles. The second-order valence-corrected chi connectivity index (χ2v) is 4.78. The van der Waals surface area contributed by atoms with E-state index in [0.29, 0.717) is 0 Å². The summed E-state index contributed by atoms with van der Waals surface area (Å²) in [4.78, 5) is 13.4. The highest BCUT2D eigenvalue weighted by molar-refractivity contribution is 5.77. The first kappa shape index (κ1) is 13.6. The summed E-state index contributed by atoms with van der Waals surface area (Å²) in [5.41, 5.74) is 7.39. The molecule has 4 heteroatoms. The van der Waals surface area contributed by atoms with Crippen LogP contribution in [-0.4, -0.2) is 35.6 Å². The molecule has 1 saturated heterocycles. The van der Waals surface area contributed by atoms with Crippen molar-refractivity contribution in [2.24, 2.45) is 11.7 Å². The Morgan fingerprint density at radius 3 is 3.05 bits per heavy atom. The van der Waals surface area contributed by atoms with Gasteiger partial charge in [-0.2, -0.15) is 0 Å². The van der Waals surface area contributed by atoms with Crippen LogP contribution in [0, 0.1) is 17.8 Å². The van der Waals surface area contributed by atoms with Gasteiger partial charge < -0.3 is 10.8 Å². The topological polar surface area (TPSA) is 66.6 Å². The number of carbonyl (C=O) groups is 1. The van der Waals surface area contributed by atoms with E-state index in [9.17, 15) is 4.79 Å². The van der Waals surface area contributed by atoms with Gasteiger partial charge in [-0.3, -0.25) is 9.69 Å². The Bertz CT molecular complexity index is 516. The second kappa shape index (κ2) is 6.37. The van der Waals surface area contributed by atoms with Gasteiger partial charge in [-0.1, -0.05) is 24.0 Å². The molecule has 0 radical (unpaired) electrons. The van der Waals surface area contributed by atoms with Gasteiger partial charge in [0, 0.05) is 18.7 Å². The molecule has 1 unspecified atom stereocenters. The van der Waals surface area contributed by atoms with Crippen molar-refractivity contribution in [2.75, 3.05) is 19.7 Å². The van der Waals surface area contributed by atoms with Gasteiger partial charge in [0.15, 0.2) is 0 Å². The number of primary amides is 1. The second-order valence-electron chi connectivity index (χ2n) is 4.78. The Labute approximate surface area is 113 Å². The van der Waals surface area contributed by atoms with E-state index >= 15 is 0 Å². The van der Waals surface area contributed by atoms with E-state index in [2.05, 4.69) is 16.7 Å². The van der Waals surface area contributed by atoms with Gasteiger partial charge in [0.05, 0.1) is 5.92 Å². The average Bonchev–Trinajstić information content (AvgIpc) is 2.85. The van der Waals surface area contributed by atoms with Crippen molar-refractivity contribution >= 4 is 5.91 Å². The standard InChI is InChI=1S/C15H18N2O2/c16-15(19)14-6-7-17(11-14)10-13-4-1-3-12(9-13)5-2-8-18/h1,3-4,9,14,18H,6-8,10-11H2,(H2,16,19). The molecule has 19 heavy (non-hydrogen) atoms. The van der Waals surface area contributed by atoms with Crippen molar-refractivity contribution in [3.8, 4) is 11.8 Å². The predicted molar refractivity (Wildman–Crippen MR) is 73.0 cm³/mol. The number of rotatable bonds is 3. The minimum Gasteiger partial charge on any atom is -0.384 e. The number of benzene rings is 1. The Morgan fingerprint density at radius 1 is 1.53 bits per heavy atom. The van der Waals surface area contributed by atoms with Crippen molar-refractivity contribution in [2.45, 2.75) is 13.0 Å². The molecule has 4 nitrogen and oxygen atoms in total. The van der Waals surface area contributed by atoms with Crippen LogP contribution >= 0.6 is 0 Å². The van der Waals surface area contributed by atoms with Crippen molar-refractivity contribution in [3.05, 3.63) is 35.4 Å². The Balaban J connectivity index is 1.98. The van der Waals surface area contributed by atoms with E-state index in [1.807, 2.05) is 24.3 Å². The average molecular weight is 258 g/mol. The summed E-state index contributed by atoms with van der Waals surface area (Å²) < 4.78 is 0. The molecule has 1 aromatic rings. The molecule has 1 atom stereocenters. The quantitative estimate of drug-likeness (QED) is 0.768. The summed E-state index contributed by atoms with van der Waals surface area (Å²) in [5, 5.41) is 8.68. The Hall–Kier alpha value is -1.83.